The highest BCUT2D eigenvalue weighted by atomic mass is 35.5. The van der Waals surface area contributed by atoms with Crippen LogP contribution in [0.25, 0.3) is 32.7 Å². The molecule has 0 spiro atoms. The van der Waals surface area contributed by atoms with Crippen molar-refractivity contribution in [2.75, 3.05) is 0 Å². The predicted molar refractivity (Wildman–Crippen MR) is 173 cm³/mol. The van der Waals surface area contributed by atoms with Crippen LogP contribution in [0.3, 0.4) is 0 Å². The van der Waals surface area contributed by atoms with Crippen molar-refractivity contribution < 1.29 is 0 Å². The van der Waals surface area contributed by atoms with Crippen molar-refractivity contribution >= 4 is 67.5 Å². The summed E-state index contributed by atoms with van der Waals surface area (Å²) in [6.07, 6.45) is 10.2. The van der Waals surface area contributed by atoms with E-state index in [0.717, 1.165) is 54.0 Å². The summed E-state index contributed by atoms with van der Waals surface area (Å²) in [5.74, 6) is -0.0442. The number of benzene rings is 3. The van der Waals surface area contributed by atoms with Crippen molar-refractivity contribution in [2.45, 2.75) is 65.6 Å². The van der Waals surface area contributed by atoms with Gasteiger partial charge in [0, 0.05) is 91.9 Å². The minimum Gasteiger partial charge on any atom is -0.347 e. The van der Waals surface area contributed by atoms with Gasteiger partial charge in [0.1, 0.15) is 0 Å². The van der Waals surface area contributed by atoms with E-state index in [1.54, 1.807) is 0 Å². The number of aryl methyl sites for hydroxylation is 3. The van der Waals surface area contributed by atoms with Crippen molar-refractivity contribution in [3.63, 3.8) is 0 Å². The monoisotopic (exact) mass is 589 g/mol. The van der Waals surface area contributed by atoms with E-state index in [0.29, 0.717) is 0 Å². The third-order valence-corrected chi connectivity index (χ3v) is 8.65. The first kappa shape index (κ1) is 27.3. The number of fused-ring (bicyclic) bond motifs is 3. The summed E-state index contributed by atoms with van der Waals surface area (Å²) >= 11 is 19.9. The van der Waals surface area contributed by atoms with Crippen LogP contribution in [0.4, 0.5) is 0 Å². The van der Waals surface area contributed by atoms with Crippen LogP contribution in [0.1, 0.15) is 62.6 Å². The van der Waals surface area contributed by atoms with Gasteiger partial charge < -0.3 is 13.7 Å². The molecule has 6 heteroatoms. The van der Waals surface area contributed by atoms with Crippen molar-refractivity contribution in [3.05, 3.63) is 105 Å². The molecule has 0 radical (unpaired) electrons. The predicted octanol–water partition coefficient (Wildman–Crippen LogP) is 10.9. The lowest BCUT2D eigenvalue weighted by Crippen LogP contribution is -2.03. The lowest BCUT2D eigenvalue weighted by Gasteiger charge is -2.17. The minimum atomic E-state index is -0.0442. The zero-order valence-corrected chi connectivity index (χ0v) is 25.5. The number of halogens is 3. The van der Waals surface area contributed by atoms with E-state index < -0.39 is 0 Å². The van der Waals surface area contributed by atoms with E-state index in [9.17, 15) is 0 Å². The Kier molecular flexibility index (Phi) is 7.65. The third kappa shape index (κ3) is 4.72. The van der Waals surface area contributed by atoms with Crippen LogP contribution < -0.4 is 0 Å². The molecule has 3 heterocycles. The maximum absolute atomic E-state index is 6.64. The van der Waals surface area contributed by atoms with Gasteiger partial charge in [-0.2, -0.15) is 0 Å². The van der Waals surface area contributed by atoms with Gasteiger partial charge in [0.2, 0.25) is 0 Å². The summed E-state index contributed by atoms with van der Waals surface area (Å²) in [6.45, 7) is 9.49. The van der Waals surface area contributed by atoms with Crippen molar-refractivity contribution in [3.8, 4) is 0 Å². The van der Waals surface area contributed by atoms with Gasteiger partial charge in [0.25, 0.3) is 0 Å². The molecule has 0 fully saturated rings. The van der Waals surface area contributed by atoms with E-state index >= 15 is 0 Å². The second-order valence-corrected chi connectivity index (χ2v) is 12.1. The molecule has 0 aliphatic carbocycles. The minimum absolute atomic E-state index is 0.0442. The molecular formula is C34H34Cl3N3. The third-order valence-electron chi connectivity index (χ3n) is 7.95. The van der Waals surface area contributed by atoms with Gasteiger partial charge in [-0.3, -0.25) is 0 Å². The number of hydrogen-bond donors (Lipinski definition) is 0. The summed E-state index contributed by atoms with van der Waals surface area (Å²) in [7, 11) is 0. The molecule has 0 aliphatic heterocycles. The van der Waals surface area contributed by atoms with E-state index in [1.807, 2.05) is 18.2 Å². The maximum atomic E-state index is 6.64. The average Bonchev–Trinajstić information content (AvgIpc) is 3.58. The molecule has 0 saturated heterocycles. The van der Waals surface area contributed by atoms with Gasteiger partial charge in [-0.1, -0.05) is 55.6 Å². The summed E-state index contributed by atoms with van der Waals surface area (Å²) in [5.41, 5.74) is 7.36. The molecule has 0 atom stereocenters. The molecule has 206 valence electrons. The summed E-state index contributed by atoms with van der Waals surface area (Å²) < 4.78 is 7.14. The van der Waals surface area contributed by atoms with E-state index in [1.165, 1.54) is 49.4 Å². The molecule has 6 aromatic rings. The standard InChI is InChI=1S/C34H34Cl3N3/c1-4-13-38-19-28(25-16-22(35)7-10-31(25)38)34(29-20-39(14-5-2)32-11-8-23(36)17-26(29)32)30-21-40(15-6-3)33-12-9-24(37)18-27(30)33/h7-12,16-21,34H,4-6,13-15H2,1-3H3. The second-order valence-electron chi connectivity index (χ2n) is 10.8. The number of rotatable bonds is 9. The smallest absolute Gasteiger partial charge is 0.0484 e. The summed E-state index contributed by atoms with van der Waals surface area (Å²) in [6, 6.07) is 18.8. The van der Waals surface area contributed by atoms with Crippen LogP contribution in [-0.4, -0.2) is 13.7 Å². The molecule has 3 nitrogen and oxygen atoms in total. The SMILES string of the molecule is CCCn1cc(C(c2cn(CCC)c3ccc(Cl)cc23)c2cn(CCC)c3ccc(Cl)cc23)c2cc(Cl)ccc21. The topological polar surface area (TPSA) is 14.8 Å². The van der Waals surface area contributed by atoms with Crippen molar-refractivity contribution in [1.29, 1.82) is 0 Å². The molecule has 0 bridgehead atoms. The van der Waals surface area contributed by atoms with Crippen LogP contribution in [0.5, 0.6) is 0 Å². The molecule has 6 rings (SSSR count). The molecule has 3 aromatic carbocycles. The normalized spacial score (nSPS) is 12.1. The summed E-state index contributed by atoms with van der Waals surface area (Å²) in [5, 5.41) is 5.78. The Hall–Kier alpha value is -2.85. The molecule has 0 N–H and O–H groups in total. The van der Waals surface area contributed by atoms with Crippen molar-refractivity contribution in [2.24, 2.45) is 0 Å². The van der Waals surface area contributed by atoms with Crippen LogP contribution >= 0.6 is 34.8 Å². The van der Waals surface area contributed by atoms with Crippen LogP contribution in [0.15, 0.2) is 73.2 Å². The van der Waals surface area contributed by atoms with Crippen LogP contribution in [0, 0.1) is 0 Å². The zero-order valence-electron chi connectivity index (χ0n) is 23.2. The lowest BCUT2D eigenvalue weighted by atomic mass is 9.84. The first-order valence-corrected chi connectivity index (χ1v) is 15.4. The lowest BCUT2D eigenvalue weighted by molar-refractivity contribution is 0.693. The average molecular weight is 591 g/mol. The Morgan fingerprint density at radius 2 is 0.800 bits per heavy atom. The Bertz CT molecular complexity index is 1620. The Labute approximate surface area is 250 Å². The fraction of sp³-hybridized carbons (Fsp3) is 0.294. The Morgan fingerprint density at radius 1 is 0.500 bits per heavy atom. The molecule has 3 aromatic heterocycles. The molecule has 40 heavy (non-hydrogen) atoms. The first-order chi connectivity index (χ1) is 19.4. The van der Waals surface area contributed by atoms with E-state index in [4.69, 9.17) is 34.8 Å². The second kappa shape index (κ2) is 11.2. The fourth-order valence-corrected chi connectivity index (χ4v) is 6.88. The quantitative estimate of drug-likeness (QED) is 0.159. The van der Waals surface area contributed by atoms with E-state index in [2.05, 4.69) is 89.5 Å². The molecule has 0 amide bonds. The van der Waals surface area contributed by atoms with Gasteiger partial charge >= 0.3 is 0 Å². The highest BCUT2D eigenvalue weighted by Crippen LogP contribution is 2.45. The van der Waals surface area contributed by atoms with Crippen molar-refractivity contribution in [1.82, 2.24) is 13.7 Å². The zero-order chi connectivity index (χ0) is 28.0. The molecular weight excluding hydrogens is 557 g/mol. The van der Waals surface area contributed by atoms with Gasteiger partial charge in [-0.05, 0) is 90.6 Å². The highest BCUT2D eigenvalue weighted by Gasteiger charge is 2.28. The molecule has 0 aliphatic rings. The van der Waals surface area contributed by atoms with Gasteiger partial charge in [0.15, 0.2) is 0 Å². The van der Waals surface area contributed by atoms with Gasteiger partial charge in [-0.15, -0.1) is 0 Å². The molecule has 0 unspecified atom stereocenters. The van der Waals surface area contributed by atoms with Gasteiger partial charge in [-0.25, -0.2) is 0 Å². The first-order valence-electron chi connectivity index (χ1n) is 14.3. The number of aromatic nitrogens is 3. The largest absolute Gasteiger partial charge is 0.347 e. The number of nitrogens with zero attached hydrogens (tertiary/aromatic N) is 3. The molecule has 0 saturated carbocycles. The van der Waals surface area contributed by atoms with Gasteiger partial charge in [0.05, 0.1) is 0 Å². The van der Waals surface area contributed by atoms with E-state index in [-0.39, 0.29) is 5.92 Å². The Morgan fingerprint density at radius 3 is 1.07 bits per heavy atom. The summed E-state index contributed by atoms with van der Waals surface area (Å²) in [4.78, 5) is 0. The maximum Gasteiger partial charge on any atom is 0.0484 e. The Balaban J connectivity index is 1.74. The highest BCUT2D eigenvalue weighted by molar-refractivity contribution is 6.32. The number of hydrogen-bond acceptors (Lipinski definition) is 0. The fourth-order valence-electron chi connectivity index (χ4n) is 6.36. The van der Waals surface area contributed by atoms with Crippen LogP contribution in [0.2, 0.25) is 15.1 Å². The van der Waals surface area contributed by atoms with Crippen LogP contribution in [-0.2, 0) is 19.6 Å².